The molecule has 4 nitrogen and oxygen atoms in total. The molecular formula is C16H18ClN3O. The highest BCUT2D eigenvalue weighted by Crippen LogP contribution is 2.31. The molecule has 1 saturated heterocycles. The summed E-state index contributed by atoms with van der Waals surface area (Å²) in [5.74, 6) is 0.125. The van der Waals surface area contributed by atoms with Gasteiger partial charge in [-0.1, -0.05) is 11.6 Å². The Morgan fingerprint density at radius 3 is 3.10 bits per heavy atom. The van der Waals surface area contributed by atoms with Gasteiger partial charge in [-0.2, -0.15) is 0 Å². The Hall–Kier alpha value is -1.81. The van der Waals surface area contributed by atoms with Crippen LogP contribution >= 0.6 is 11.6 Å². The van der Waals surface area contributed by atoms with Crippen molar-refractivity contribution in [1.29, 1.82) is 0 Å². The normalized spacial score (nSPS) is 18.9. The average molecular weight is 304 g/mol. The SMILES string of the molecule is NC(=O)CC1CCCN(c2ccnc3cc(Cl)ccc23)C1. The Morgan fingerprint density at radius 2 is 2.29 bits per heavy atom. The summed E-state index contributed by atoms with van der Waals surface area (Å²) >= 11 is 6.03. The lowest BCUT2D eigenvalue weighted by atomic mass is 9.94. The van der Waals surface area contributed by atoms with Gasteiger partial charge in [-0.05, 0) is 43.0 Å². The number of nitrogens with two attached hydrogens (primary N) is 1. The molecule has 1 aromatic carbocycles. The van der Waals surface area contributed by atoms with Crippen LogP contribution in [0.25, 0.3) is 10.9 Å². The maximum Gasteiger partial charge on any atom is 0.217 e. The summed E-state index contributed by atoms with van der Waals surface area (Å²) in [5, 5.41) is 1.79. The first-order valence-electron chi connectivity index (χ1n) is 7.21. The van der Waals surface area contributed by atoms with E-state index in [1.807, 2.05) is 30.5 Å². The number of primary amides is 1. The number of nitrogens with zero attached hydrogens (tertiary/aromatic N) is 2. The number of carbonyl (C=O) groups excluding carboxylic acids is 1. The van der Waals surface area contributed by atoms with Crippen molar-refractivity contribution in [3.05, 3.63) is 35.5 Å². The number of aromatic nitrogens is 1. The van der Waals surface area contributed by atoms with Crippen molar-refractivity contribution in [2.45, 2.75) is 19.3 Å². The maximum atomic E-state index is 11.1. The van der Waals surface area contributed by atoms with Gasteiger partial charge in [0, 0.05) is 41.8 Å². The molecule has 2 N–H and O–H groups in total. The van der Waals surface area contributed by atoms with Gasteiger partial charge >= 0.3 is 0 Å². The van der Waals surface area contributed by atoms with Crippen molar-refractivity contribution in [1.82, 2.24) is 4.98 Å². The van der Waals surface area contributed by atoms with E-state index in [-0.39, 0.29) is 5.91 Å². The van der Waals surface area contributed by atoms with Gasteiger partial charge < -0.3 is 10.6 Å². The summed E-state index contributed by atoms with van der Waals surface area (Å²) in [5.41, 5.74) is 7.39. The number of amides is 1. The molecule has 0 saturated carbocycles. The summed E-state index contributed by atoms with van der Waals surface area (Å²) in [6.07, 6.45) is 4.42. The second-order valence-electron chi connectivity index (χ2n) is 5.62. The molecule has 1 unspecified atom stereocenters. The Balaban J connectivity index is 1.91. The molecular weight excluding hydrogens is 286 g/mol. The second-order valence-corrected chi connectivity index (χ2v) is 6.05. The molecule has 1 aliphatic rings. The van der Waals surface area contributed by atoms with Crippen LogP contribution < -0.4 is 10.6 Å². The number of hydrogen-bond donors (Lipinski definition) is 1. The van der Waals surface area contributed by atoms with Gasteiger partial charge in [0.05, 0.1) is 5.52 Å². The lowest BCUT2D eigenvalue weighted by Gasteiger charge is -2.34. The van der Waals surface area contributed by atoms with Crippen molar-refractivity contribution in [3.8, 4) is 0 Å². The number of rotatable bonds is 3. The average Bonchev–Trinajstić information content (AvgIpc) is 2.46. The fourth-order valence-electron chi connectivity index (χ4n) is 3.12. The summed E-state index contributed by atoms with van der Waals surface area (Å²) < 4.78 is 0. The first-order chi connectivity index (χ1) is 10.1. The van der Waals surface area contributed by atoms with E-state index in [4.69, 9.17) is 17.3 Å². The Labute approximate surface area is 128 Å². The van der Waals surface area contributed by atoms with Crippen LogP contribution in [0.3, 0.4) is 0 Å². The Bertz CT molecular complexity index is 674. The van der Waals surface area contributed by atoms with Gasteiger partial charge in [0.25, 0.3) is 0 Å². The number of anilines is 1. The predicted molar refractivity (Wildman–Crippen MR) is 85.5 cm³/mol. The lowest BCUT2D eigenvalue weighted by molar-refractivity contribution is -0.118. The van der Waals surface area contributed by atoms with Gasteiger partial charge in [-0.3, -0.25) is 9.78 Å². The molecule has 5 heteroatoms. The third kappa shape index (κ3) is 3.10. The Kier molecular flexibility index (Phi) is 3.97. The second kappa shape index (κ2) is 5.90. The highest BCUT2D eigenvalue weighted by molar-refractivity contribution is 6.31. The minimum atomic E-state index is -0.215. The fourth-order valence-corrected chi connectivity index (χ4v) is 3.28. The van der Waals surface area contributed by atoms with E-state index in [0.29, 0.717) is 17.4 Å². The minimum Gasteiger partial charge on any atom is -0.371 e. The number of halogens is 1. The van der Waals surface area contributed by atoms with Crippen LogP contribution in [0.5, 0.6) is 0 Å². The molecule has 1 fully saturated rings. The quantitative estimate of drug-likeness (QED) is 0.948. The van der Waals surface area contributed by atoms with Crippen molar-refractivity contribution in [3.63, 3.8) is 0 Å². The molecule has 2 heterocycles. The van der Waals surface area contributed by atoms with E-state index in [9.17, 15) is 4.79 Å². The molecule has 0 bridgehead atoms. The van der Waals surface area contributed by atoms with E-state index >= 15 is 0 Å². The number of fused-ring (bicyclic) bond motifs is 1. The largest absolute Gasteiger partial charge is 0.371 e. The summed E-state index contributed by atoms with van der Waals surface area (Å²) in [6, 6.07) is 7.81. The summed E-state index contributed by atoms with van der Waals surface area (Å²) in [4.78, 5) is 17.8. The molecule has 0 radical (unpaired) electrons. The van der Waals surface area contributed by atoms with Crippen molar-refractivity contribution >= 4 is 34.1 Å². The van der Waals surface area contributed by atoms with Crippen LogP contribution in [0.15, 0.2) is 30.5 Å². The molecule has 0 spiro atoms. The van der Waals surface area contributed by atoms with E-state index < -0.39 is 0 Å². The van der Waals surface area contributed by atoms with Crippen LogP contribution in [0.1, 0.15) is 19.3 Å². The number of benzene rings is 1. The van der Waals surface area contributed by atoms with Crippen LogP contribution in [0.4, 0.5) is 5.69 Å². The maximum absolute atomic E-state index is 11.1. The molecule has 1 atom stereocenters. The van der Waals surface area contributed by atoms with Gasteiger partial charge in [-0.15, -0.1) is 0 Å². The number of carbonyl (C=O) groups is 1. The molecule has 3 rings (SSSR count). The van der Waals surface area contributed by atoms with Crippen LogP contribution in [-0.2, 0) is 4.79 Å². The molecule has 1 aromatic heterocycles. The molecule has 1 amide bonds. The van der Waals surface area contributed by atoms with E-state index in [2.05, 4.69) is 9.88 Å². The monoisotopic (exact) mass is 303 g/mol. The zero-order chi connectivity index (χ0) is 14.8. The smallest absolute Gasteiger partial charge is 0.217 e. The van der Waals surface area contributed by atoms with Crippen LogP contribution in [0, 0.1) is 5.92 Å². The first kappa shape index (κ1) is 14.1. The van der Waals surface area contributed by atoms with E-state index in [0.717, 1.165) is 42.5 Å². The standard InChI is InChI=1S/C16H18ClN3O/c17-12-3-4-13-14(9-12)19-6-5-15(13)20-7-1-2-11(10-20)8-16(18)21/h3-6,9,11H,1-2,7-8,10H2,(H2,18,21). The lowest BCUT2D eigenvalue weighted by Crippen LogP contribution is -2.37. The molecule has 0 aliphatic carbocycles. The summed E-state index contributed by atoms with van der Waals surface area (Å²) in [7, 11) is 0. The molecule has 1 aliphatic heterocycles. The summed E-state index contributed by atoms with van der Waals surface area (Å²) in [6.45, 7) is 1.86. The number of pyridine rings is 1. The zero-order valence-electron chi connectivity index (χ0n) is 11.8. The van der Waals surface area contributed by atoms with E-state index in [1.165, 1.54) is 0 Å². The third-order valence-corrected chi connectivity index (χ3v) is 4.27. The van der Waals surface area contributed by atoms with Gasteiger partial charge in [0.2, 0.25) is 5.91 Å². The zero-order valence-corrected chi connectivity index (χ0v) is 12.5. The van der Waals surface area contributed by atoms with Gasteiger partial charge in [0.15, 0.2) is 0 Å². The highest BCUT2D eigenvalue weighted by Gasteiger charge is 2.22. The topological polar surface area (TPSA) is 59.2 Å². The fraction of sp³-hybridized carbons (Fsp3) is 0.375. The van der Waals surface area contributed by atoms with Crippen molar-refractivity contribution in [2.24, 2.45) is 11.7 Å². The molecule has 21 heavy (non-hydrogen) atoms. The van der Waals surface area contributed by atoms with Crippen molar-refractivity contribution < 1.29 is 4.79 Å². The predicted octanol–water partition coefficient (Wildman–Crippen LogP) is 2.98. The van der Waals surface area contributed by atoms with Crippen LogP contribution in [-0.4, -0.2) is 24.0 Å². The molecule has 110 valence electrons. The highest BCUT2D eigenvalue weighted by atomic mass is 35.5. The molecule has 2 aromatic rings. The van der Waals surface area contributed by atoms with E-state index in [1.54, 1.807) is 0 Å². The minimum absolute atomic E-state index is 0.215. The number of piperidine rings is 1. The number of hydrogen-bond acceptors (Lipinski definition) is 3. The van der Waals surface area contributed by atoms with Crippen LogP contribution in [0.2, 0.25) is 5.02 Å². The van der Waals surface area contributed by atoms with Crippen molar-refractivity contribution in [2.75, 3.05) is 18.0 Å². The van der Waals surface area contributed by atoms with Gasteiger partial charge in [0.1, 0.15) is 0 Å². The third-order valence-electron chi connectivity index (χ3n) is 4.03. The first-order valence-corrected chi connectivity index (χ1v) is 7.59. The van der Waals surface area contributed by atoms with Gasteiger partial charge in [-0.25, -0.2) is 0 Å². The Morgan fingerprint density at radius 1 is 1.43 bits per heavy atom.